The maximum atomic E-state index is 12.7. The van der Waals surface area contributed by atoms with Gasteiger partial charge in [-0.05, 0) is 30.7 Å². The summed E-state index contributed by atoms with van der Waals surface area (Å²) in [6.07, 6.45) is -3.98. The fourth-order valence-electron chi connectivity index (χ4n) is 1.93. The Labute approximate surface area is 130 Å². The number of benzene rings is 1. The maximum Gasteiger partial charge on any atom is 0.416 e. The lowest BCUT2D eigenvalue weighted by atomic mass is 10.1. The number of rotatable bonds is 4. The van der Waals surface area contributed by atoms with Crippen LogP contribution in [0, 0.1) is 0 Å². The summed E-state index contributed by atoms with van der Waals surface area (Å²) in [7, 11) is 0. The molecule has 0 fully saturated rings. The molecule has 1 heterocycles. The number of nitrogens with one attached hydrogen (secondary N) is 1. The third-order valence-electron chi connectivity index (χ3n) is 3.00. The molecule has 2 amide bonds. The molecule has 5 nitrogen and oxygen atoms in total. The highest BCUT2D eigenvalue weighted by atomic mass is 19.4. The van der Waals surface area contributed by atoms with Gasteiger partial charge in [0.15, 0.2) is 5.76 Å². The number of hydrogen-bond donors (Lipinski definition) is 2. The van der Waals surface area contributed by atoms with Crippen molar-refractivity contribution in [3.8, 4) is 11.3 Å². The van der Waals surface area contributed by atoms with Gasteiger partial charge in [-0.3, -0.25) is 0 Å². The number of nitrogens with two attached hydrogens (primary N) is 1. The van der Waals surface area contributed by atoms with Gasteiger partial charge in [0, 0.05) is 5.56 Å². The van der Waals surface area contributed by atoms with Crippen molar-refractivity contribution in [1.82, 2.24) is 5.43 Å². The van der Waals surface area contributed by atoms with Gasteiger partial charge >= 0.3 is 12.2 Å². The van der Waals surface area contributed by atoms with E-state index in [0.717, 1.165) is 12.1 Å². The standard InChI is InChI=1S/C15H14F3N3O2/c1-2-11(20-21-14(19)22)13-7-6-12(23-13)9-4-3-5-10(8-9)15(16,17)18/h3-8H,2H2,1H3,(H3,19,21,22)/b20-11+. The number of urea groups is 1. The average Bonchev–Trinajstić information content (AvgIpc) is 2.97. The van der Waals surface area contributed by atoms with Crippen LogP contribution in [0.5, 0.6) is 0 Å². The summed E-state index contributed by atoms with van der Waals surface area (Å²) < 4.78 is 43.8. The number of carbonyl (C=O) groups is 1. The smallest absolute Gasteiger partial charge is 0.416 e. The summed E-state index contributed by atoms with van der Waals surface area (Å²) in [4.78, 5) is 10.7. The van der Waals surface area contributed by atoms with Crippen molar-refractivity contribution >= 4 is 11.7 Å². The first kappa shape index (κ1) is 16.6. The van der Waals surface area contributed by atoms with Crippen LogP contribution < -0.4 is 11.2 Å². The molecule has 0 spiro atoms. The van der Waals surface area contributed by atoms with E-state index in [1.165, 1.54) is 12.1 Å². The second-order valence-electron chi connectivity index (χ2n) is 4.63. The molecular formula is C15H14F3N3O2. The molecule has 0 atom stereocenters. The highest BCUT2D eigenvalue weighted by Gasteiger charge is 2.30. The Hall–Kier alpha value is -2.77. The monoisotopic (exact) mass is 325 g/mol. The molecule has 23 heavy (non-hydrogen) atoms. The molecule has 0 aliphatic carbocycles. The van der Waals surface area contributed by atoms with E-state index in [9.17, 15) is 18.0 Å². The number of amides is 2. The van der Waals surface area contributed by atoms with Crippen LogP contribution in [0.1, 0.15) is 24.7 Å². The Bertz CT molecular complexity index is 736. The number of halogens is 3. The van der Waals surface area contributed by atoms with Gasteiger partial charge in [0.1, 0.15) is 11.5 Å². The van der Waals surface area contributed by atoms with Crippen LogP contribution in [0.4, 0.5) is 18.0 Å². The van der Waals surface area contributed by atoms with Gasteiger partial charge in [-0.25, -0.2) is 10.2 Å². The van der Waals surface area contributed by atoms with Crippen molar-refractivity contribution in [3.63, 3.8) is 0 Å². The zero-order valence-corrected chi connectivity index (χ0v) is 12.1. The van der Waals surface area contributed by atoms with Gasteiger partial charge < -0.3 is 10.2 Å². The molecule has 0 bridgehead atoms. The number of hydrogen-bond acceptors (Lipinski definition) is 3. The number of primary amides is 1. The molecule has 2 aromatic rings. The van der Waals surface area contributed by atoms with Gasteiger partial charge in [-0.2, -0.15) is 18.3 Å². The molecule has 0 aliphatic rings. The quantitative estimate of drug-likeness (QED) is 0.663. The number of hydrazone groups is 1. The first-order chi connectivity index (χ1) is 10.8. The van der Waals surface area contributed by atoms with Gasteiger partial charge in [0.2, 0.25) is 0 Å². The highest BCUT2D eigenvalue weighted by molar-refractivity contribution is 5.98. The van der Waals surface area contributed by atoms with Crippen LogP contribution in [0.15, 0.2) is 45.9 Å². The molecule has 8 heteroatoms. The molecule has 0 saturated heterocycles. The molecule has 0 saturated carbocycles. The van der Waals surface area contributed by atoms with E-state index in [-0.39, 0.29) is 5.76 Å². The SMILES string of the molecule is CC/C(=N\NC(N)=O)c1ccc(-c2cccc(C(F)(F)F)c2)o1. The third kappa shape index (κ3) is 4.12. The summed E-state index contributed by atoms with van der Waals surface area (Å²) in [6.45, 7) is 1.79. The molecule has 1 aromatic carbocycles. The predicted molar refractivity (Wildman–Crippen MR) is 78.7 cm³/mol. The number of furan rings is 1. The second kappa shape index (κ2) is 6.55. The van der Waals surface area contributed by atoms with E-state index in [1.807, 2.05) is 0 Å². The first-order valence-electron chi connectivity index (χ1n) is 6.71. The molecule has 0 unspecified atom stereocenters. The van der Waals surface area contributed by atoms with Crippen LogP contribution in [0.2, 0.25) is 0 Å². The molecule has 3 N–H and O–H groups in total. The Kier molecular flexibility index (Phi) is 4.73. The van der Waals surface area contributed by atoms with Crippen molar-refractivity contribution in [2.24, 2.45) is 10.8 Å². The zero-order valence-electron chi connectivity index (χ0n) is 12.1. The zero-order chi connectivity index (χ0) is 17.0. The number of nitrogens with zero attached hydrogens (tertiary/aromatic N) is 1. The molecule has 1 aromatic heterocycles. The lowest BCUT2D eigenvalue weighted by Gasteiger charge is -2.07. The van der Waals surface area contributed by atoms with Crippen molar-refractivity contribution in [2.45, 2.75) is 19.5 Å². The molecule has 122 valence electrons. The first-order valence-corrected chi connectivity index (χ1v) is 6.71. The summed E-state index contributed by atoms with van der Waals surface area (Å²) >= 11 is 0. The summed E-state index contributed by atoms with van der Waals surface area (Å²) in [6, 6.07) is 7.11. The van der Waals surface area contributed by atoms with E-state index in [2.05, 4.69) is 10.5 Å². The average molecular weight is 325 g/mol. The Morgan fingerprint density at radius 1 is 1.30 bits per heavy atom. The van der Waals surface area contributed by atoms with Gasteiger partial charge in [0.25, 0.3) is 0 Å². The normalized spacial score (nSPS) is 12.3. The molecule has 2 rings (SSSR count). The van der Waals surface area contributed by atoms with Gasteiger partial charge in [-0.1, -0.05) is 19.1 Å². The van der Waals surface area contributed by atoms with Crippen LogP contribution in [0.3, 0.4) is 0 Å². The number of carbonyl (C=O) groups excluding carboxylic acids is 1. The van der Waals surface area contributed by atoms with Crippen molar-refractivity contribution in [2.75, 3.05) is 0 Å². The van der Waals surface area contributed by atoms with Crippen molar-refractivity contribution < 1.29 is 22.4 Å². The minimum absolute atomic E-state index is 0.270. The Morgan fingerprint density at radius 2 is 2.04 bits per heavy atom. The third-order valence-corrected chi connectivity index (χ3v) is 3.00. The molecule has 0 aliphatic heterocycles. The van der Waals surface area contributed by atoms with Gasteiger partial charge in [-0.15, -0.1) is 0 Å². The molecule has 0 radical (unpaired) electrons. The largest absolute Gasteiger partial charge is 0.455 e. The fourth-order valence-corrected chi connectivity index (χ4v) is 1.93. The van der Waals surface area contributed by atoms with Crippen LogP contribution >= 0.6 is 0 Å². The lowest BCUT2D eigenvalue weighted by Crippen LogP contribution is -2.25. The van der Waals surface area contributed by atoms with Gasteiger partial charge in [0.05, 0.1) is 5.56 Å². The van der Waals surface area contributed by atoms with E-state index < -0.39 is 17.8 Å². The van der Waals surface area contributed by atoms with Crippen LogP contribution in [-0.4, -0.2) is 11.7 Å². The summed E-state index contributed by atoms with van der Waals surface area (Å²) in [5, 5.41) is 3.79. The second-order valence-corrected chi connectivity index (χ2v) is 4.63. The summed E-state index contributed by atoms with van der Waals surface area (Å²) in [5.41, 5.74) is 6.98. The minimum atomic E-state index is -4.42. The fraction of sp³-hybridized carbons (Fsp3) is 0.200. The van der Waals surface area contributed by atoms with Crippen LogP contribution in [-0.2, 0) is 6.18 Å². The van der Waals surface area contributed by atoms with E-state index in [1.54, 1.807) is 19.1 Å². The number of alkyl halides is 3. The Balaban J connectivity index is 2.32. The van der Waals surface area contributed by atoms with Crippen molar-refractivity contribution in [1.29, 1.82) is 0 Å². The lowest BCUT2D eigenvalue weighted by molar-refractivity contribution is -0.137. The molecular weight excluding hydrogens is 311 g/mol. The Morgan fingerprint density at radius 3 is 2.65 bits per heavy atom. The van der Waals surface area contributed by atoms with E-state index >= 15 is 0 Å². The predicted octanol–water partition coefficient (Wildman–Crippen LogP) is 3.75. The van der Waals surface area contributed by atoms with E-state index in [4.69, 9.17) is 10.2 Å². The minimum Gasteiger partial charge on any atom is -0.455 e. The maximum absolute atomic E-state index is 12.7. The van der Waals surface area contributed by atoms with E-state index in [0.29, 0.717) is 23.5 Å². The van der Waals surface area contributed by atoms with Crippen LogP contribution in [0.25, 0.3) is 11.3 Å². The van der Waals surface area contributed by atoms with Crippen molar-refractivity contribution in [3.05, 3.63) is 47.7 Å². The topological polar surface area (TPSA) is 80.6 Å². The highest BCUT2D eigenvalue weighted by Crippen LogP contribution is 2.32. The summed E-state index contributed by atoms with van der Waals surface area (Å²) in [5.74, 6) is 0.611.